The highest BCUT2D eigenvalue weighted by Crippen LogP contribution is 2.20. The van der Waals surface area contributed by atoms with Crippen LogP contribution in [0.2, 0.25) is 5.02 Å². The Morgan fingerprint density at radius 2 is 1.85 bits per heavy atom. The van der Waals surface area contributed by atoms with E-state index in [0.29, 0.717) is 17.3 Å². The molecule has 0 saturated carbocycles. The number of aryl methyl sites for hydroxylation is 1. The van der Waals surface area contributed by atoms with E-state index in [9.17, 15) is 4.79 Å². The van der Waals surface area contributed by atoms with Crippen molar-refractivity contribution in [2.24, 2.45) is 0 Å². The van der Waals surface area contributed by atoms with Crippen LogP contribution in [0.4, 0.5) is 0 Å². The molecule has 1 heterocycles. The number of rotatable bonds is 6. The summed E-state index contributed by atoms with van der Waals surface area (Å²) in [5, 5.41) is 7.92. The second-order valence-corrected chi connectivity index (χ2v) is 7.10. The summed E-state index contributed by atoms with van der Waals surface area (Å²) in [7, 11) is 4.01. The fourth-order valence-electron chi connectivity index (χ4n) is 2.88. The van der Waals surface area contributed by atoms with E-state index >= 15 is 0 Å². The van der Waals surface area contributed by atoms with Crippen LogP contribution in [0, 0.1) is 6.92 Å². The van der Waals surface area contributed by atoms with Crippen LogP contribution in [0.1, 0.15) is 27.7 Å². The zero-order chi connectivity index (χ0) is 19.4. The van der Waals surface area contributed by atoms with Crippen LogP contribution < -0.4 is 5.32 Å². The topological polar surface area (TPSA) is 50.2 Å². The van der Waals surface area contributed by atoms with E-state index < -0.39 is 0 Å². The summed E-state index contributed by atoms with van der Waals surface area (Å²) in [6.07, 6.45) is 1.74. The number of halogens is 1. The molecule has 0 aliphatic rings. The molecule has 0 radical (unpaired) electrons. The minimum atomic E-state index is -0.209. The summed E-state index contributed by atoms with van der Waals surface area (Å²) in [5.41, 5.74) is 3.47. The molecular formula is C21H23ClN4O. The number of carbonyl (C=O) groups excluding carboxylic acids is 1. The van der Waals surface area contributed by atoms with Gasteiger partial charge in [-0.1, -0.05) is 53.6 Å². The third kappa shape index (κ3) is 4.56. The first kappa shape index (κ1) is 19.1. The molecule has 140 valence electrons. The first-order chi connectivity index (χ1) is 13.0. The first-order valence-electron chi connectivity index (χ1n) is 8.77. The Kier molecular flexibility index (Phi) is 5.94. The van der Waals surface area contributed by atoms with E-state index in [0.717, 1.165) is 11.3 Å². The van der Waals surface area contributed by atoms with Gasteiger partial charge in [-0.2, -0.15) is 5.10 Å². The Balaban J connectivity index is 1.70. The molecule has 5 nitrogen and oxygen atoms in total. The fraction of sp³-hybridized carbons (Fsp3) is 0.238. The highest BCUT2D eigenvalue weighted by atomic mass is 35.5. The van der Waals surface area contributed by atoms with E-state index in [4.69, 9.17) is 11.6 Å². The van der Waals surface area contributed by atoms with Crippen molar-refractivity contribution in [3.63, 3.8) is 0 Å². The molecule has 0 saturated heterocycles. The lowest BCUT2D eigenvalue weighted by Crippen LogP contribution is -2.34. The highest BCUT2D eigenvalue weighted by molar-refractivity contribution is 6.32. The number of benzene rings is 2. The molecule has 0 aliphatic heterocycles. The molecule has 2 aromatic carbocycles. The number of carbonyl (C=O) groups is 1. The molecule has 0 aliphatic carbocycles. The van der Waals surface area contributed by atoms with Gasteiger partial charge in [-0.25, -0.2) is 4.68 Å². The number of amides is 1. The largest absolute Gasteiger partial charge is 0.349 e. The van der Waals surface area contributed by atoms with Gasteiger partial charge in [-0.05, 0) is 44.8 Å². The van der Waals surface area contributed by atoms with Crippen LogP contribution in [0.25, 0.3) is 5.69 Å². The Labute approximate surface area is 164 Å². The number of para-hydroxylation sites is 1. The second-order valence-electron chi connectivity index (χ2n) is 6.70. The minimum absolute atomic E-state index is 0.0835. The number of nitrogens with one attached hydrogen (secondary N) is 1. The molecule has 0 bridgehead atoms. The molecule has 1 atom stereocenters. The number of hydrogen-bond donors (Lipinski definition) is 1. The van der Waals surface area contributed by atoms with Crippen molar-refractivity contribution in [2.75, 3.05) is 20.6 Å². The summed E-state index contributed by atoms with van der Waals surface area (Å²) in [6, 6.07) is 17.5. The van der Waals surface area contributed by atoms with Crippen molar-refractivity contribution in [3.8, 4) is 5.69 Å². The lowest BCUT2D eigenvalue weighted by molar-refractivity contribution is 0.0936. The number of nitrogens with zero attached hydrogens (tertiary/aromatic N) is 3. The average molecular weight is 383 g/mol. The van der Waals surface area contributed by atoms with Gasteiger partial charge >= 0.3 is 0 Å². The molecule has 0 fully saturated rings. The molecule has 3 rings (SSSR count). The van der Waals surface area contributed by atoms with Crippen LogP contribution in [0.15, 0.2) is 60.8 Å². The minimum Gasteiger partial charge on any atom is -0.349 e. The van der Waals surface area contributed by atoms with Crippen LogP contribution in [0.5, 0.6) is 0 Å². The Hall–Kier alpha value is -2.63. The van der Waals surface area contributed by atoms with Crippen LogP contribution >= 0.6 is 11.6 Å². The second kappa shape index (κ2) is 8.37. The van der Waals surface area contributed by atoms with E-state index in [2.05, 4.69) is 46.5 Å². The van der Waals surface area contributed by atoms with Gasteiger partial charge in [0.2, 0.25) is 0 Å². The fourth-order valence-corrected chi connectivity index (χ4v) is 3.11. The normalized spacial score (nSPS) is 12.2. The third-order valence-corrected chi connectivity index (χ3v) is 4.78. The van der Waals surface area contributed by atoms with Crippen molar-refractivity contribution in [2.45, 2.75) is 13.0 Å². The summed E-state index contributed by atoms with van der Waals surface area (Å²) in [5.74, 6) is -0.209. The molecule has 6 heteroatoms. The molecule has 27 heavy (non-hydrogen) atoms. The Morgan fingerprint density at radius 3 is 2.52 bits per heavy atom. The summed E-state index contributed by atoms with van der Waals surface area (Å²) >= 11 is 6.20. The predicted molar refractivity (Wildman–Crippen MR) is 109 cm³/mol. The third-order valence-electron chi connectivity index (χ3n) is 4.46. The Morgan fingerprint density at radius 1 is 1.15 bits per heavy atom. The van der Waals surface area contributed by atoms with Gasteiger partial charge in [0.1, 0.15) is 0 Å². The quantitative estimate of drug-likeness (QED) is 0.704. The van der Waals surface area contributed by atoms with Gasteiger partial charge in [0.25, 0.3) is 5.91 Å². The molecule has 0 spiro atoms. The number of likely N-dealkylation sites (N-methyl/N-ethyl adjacent to an activating group) is 1. The lowest BCUT2D eigenvalue weighted by atomic mass is 10.0. The smallest absolute Gasteiger partial charge is 0.271 e. The van der Waals surface area contributed by atoms with Gasteiger partial charge in [0.15, 0.2) is 5.69 Å². The molecular weight excluding hydrogens is 360 g/mol. The maximum atomic E-state index is 12.5. The van der Waals surface area contributed by atoms with Crippen molar-refractivity contribution >= 4 is 17.5 Å². The van der Waals surface area contributed by atoms with Crippen LogP contribution in [0.3, 0.4) is 0 Å². The van der Waals surface area contributed by atoms with Gasteiger partial charge in [0, 0.05) is 12.7 Å². The van der Waals surface area contributed by atoms with Crippen LogP contribution in [-0.2, 0) is 0 Å². The molecule has 1 unspecified atom stereocenters. The predicted octanol–water partition coefficient (Wildman–Crippen LogP) is 3.87. The van der Waals surface area contributed by atoms with Gasteiger partial charge in [-0.15, -0.1) is 0 Å². The zero-order valence-electron chi connectivity index (χ0n) is 15.7. The summed E-state index contributed by atoms with van der Waals surface area (Å²) in [4.78, 5) is 14.6. The number of aromatic nitrogens is 2. The van der Waals surface area contributed by atoms with E-state index in [1.165, 1.54) is 5.56 Å². The average Bonchev–Trinajstić information content (AvgIpc) is 3.13. The summed E-state index contributed by atoms with van der Waals surface area (Å²) < 4.78 is 1.61. The SMILES string of the molecule is Cc1ccc(C(CNC(=O)c2ccn(-c3ccccc3Cl)n2)N(C)C)cc1. The zero-order valence-corrected chi connectivity index (χ0v) is 16.4. The summed E-state index contributed by atoms with van der Waals surface area (Å²) in [6.45, 7) is 2.55. The van der Waals surface area contributed by atoms with E-state index in [-0.39, 0.29) is 11.9 Å². The molecule has 1 N–H and O–H groups in total. The molecule has 3 aromatic rings. The first-order valence-corrected chi connectivity index (χ1v) is 9.15. The highest BCUT2D eigenvalue weighted by Gasteiger charge is 2.17. The van der Waals surface area contributed by atoms with Crippen molar-refractivity contribution in [1.82, 2.24) is 20.0 Å². The van der Waals surface area contributed by atoms with E-state index in [1.54, 1.807) is 23.0 Å². The lowest BCUT2D eigenvalue weighted by Gasteiger charge is -2.25. The monoisotopic (exact) mass is 382 g/mol. The van der Waals surface area contributed by atoms with Gasteiger partial charge < -0.3 is 10.2 Å². The van der Waals surface area contributed by atoms with E-state index in [1.807, 2.05) is 32.3 Å². The maximum Gasteiger partial charge on any atom is 0.271 e. The number of hydrogen-bond acceptors (Lipinski definition) is 3. The van der Waals surface area contributed by atoms with Crippen molar-refractivity contribution < 1.29 is 4.79 Å². The maximum absolute atomic E-state index is 12.5. The van der Waals surface area contributed by atoms with Gasteiger partial charge in [0.05, 0.1) is 16.8 Å². The Bertz CT molecular complexity index is 918. The molecule has 1 amide bonds. The van der Waals surface area contributed by atoms with Crippen molar-refractivity contribution in [1.29, 1.82) is 0 Å². The van der Waals surface area contributed by atoms with Crippen molar-refractivity contribution in [3.05, 3.63) is 82.6 Å². The van der Waals surface area contributed by atoms with Gasteiger partial charge in [-0.3, -0.25) is 4.79 Å². The standard InChI is InChI=1S/C21H23ClN4O/c1-15-8-10-16(11-9-15)20(25(2)3)14-23-21(27)18-12-13-26(24-18)19-7-5-4-6-17(19)22/h4-13,20H,14H2,1-3H3,(H,23,27). The molecule has 1 aromatic heterocycles. The van der Waals surface area contributed by atoms with Crippen LogP contribution in [-0.4, -0.2) is 41.2 Å².